The summed E-state index contributed by atoms with van der Waals surface area (Å²) in [5, 5.41) is 0. The van der Waals surface area contributed by atoms with E-state index in [2.05, 4.69) is 15.0 Å². The van der Waals surface area contributed by atoms with Crippen molar-refractivity contribution in [2.45, 2.75) is 34.6 Å². The van der Waals surface area contributed by atoms with Crippen LogP contribution >= 0.6 is 0 Å². The van der Waals surface area contributed by atoms with Gasteiger partial charge in [-0.3, -0.25) is 0 Å². The zero-order valence-electron chi connectivity index (χ0n) is 10.2. The highest BCUT2D eigenvalue weighted by Crippen LogP contribution is 2.03. The molecular weight excluding hydrogens is 186 g/mol. The molecule has 0 aliphatic carbocycles. The molecule has 0 bridgehead atoms. The van der Waals surface area contributed by atoms with Crippen molar-refractivity contribution in [2.75, 3.05) is 0 Å². The molecule has 0 aliphatic rings. The molecule has 15 heavy (non-hydrogen) atoms. The second kappa shape index (κ2) is 7.85. The van der Waals surface area contributed by atoms with Gasteiger partial charge in [0.2, 0.25) is 0 Å². The molecule has 0 aliphatic heterocycles. The molecule has 3 heteroatoms. The summed E-state index contributed by atoms with van der Waals surface area (Å²) < 4.78 is 0. The maximum atomic E-state index is 4.25. The second-order valence-corrected chi connectivity index (χ2v) is 2.36. The number of rotatable bonds is 0. The van der Waals surface area contributed by atoms with E-state index in [1.165, 1.54) is 0 Å². The smallest absolute Gasteiger partial charge is 0.178 e. The summed E-state index contributed by atoms with van der Waals surface area (Å²) >= 11 is 0. The molecule has 0 saturated heterocycles. The summed E-state index contributed by atoms with van der Waals surface area (Å²) in [7, 11) is 0. The molecule has 0 saturated carbocycles. The lowest BCUT2D eigenvalue weighted by Crippen LogP contribution is -1.88. The number of pyridine rings is 1. The van der Waals surface area contributed by atoms with Crippen molar-refractivity contribution in [1.82, 2.24) is 15.0 Å². The Morgan fingerprint density at radius 1 is 1.00 bits per heavy atom. The van der Waals surface area contributed by atoms with Gasteiger partial charge in [0.1, 0.15) is 5.52 Å². The topological polar surface area (TPSA) is 38.7 Å². The van der Waals surface area contributed by atoms with Crippen LogP contribution in [-0.4, -0.2) is 15.0 Å². The van der Waals surface area contributed by atoms with Crippen LogP contribution in [0.1, 0.15) is 33.4 Å². The lowest BCUT2D eigenvalue weighted by molar-refractivity contribution is 1.15. The van der Waals surface area contributed by atoms with Crippen LogP contribution in [0, 0.1) is 6.92 Å². The van der Waals surface area contributed by atoms with Gasteiger partial charge in [-0.05, 0) is 19.1 Å². The normalized spacial score (nSPS) is 8.33. The maximum absolute atomic E-state index is 4.25. The van der Waals surface area contributed by atoms with Crippen LogP contribution in [0.25, 0.3) is 11.2 Å². The van der Waals surface area contributed by atoms with Gasteiger partial charge in [0.25, 0.3) is 0 Å². The molecule has 0 amide bonds. The van der Waals surface area contributed by atoms with Crippen molar-refractivity contribution in [1.29, 1.82) is 0 Å². The van der Waals surface area contributed by atoms with Crippen LogP contribution < -0.4 is 0 Å². The highest BCUT2D eigenvalue weighted by atomic mass is 14.9. The fourth-order valence-electron chi connectivity index (χ4n) is 0.949. The van der Waals surface area contributed by atoms with E-state index < -0.39 is 0 Å². The van der Waals surface area contributed by atoms with E-state index in [9.17, 15) is 0 Å². The first kappa shape index (κ1) is 13.5. The molecule has 0 fully saturated rings. The van der Waals surface area contributed by atoms with Gasteiger partial charge in [-0.25, -0.2) is 15.0 Å². The van der Waals surface area contributed by atoms with E-state index in [1.807, 2.05) is 46.8 Å². The summed E-state index contributed by atoms with van der Waals surface area (Å²) in [6.07, 6.45) is 3.43. The predicted molar refractivity (Wildman–Crippen MR) is 64.8 cm³/mol. The van der Waals surface area contributed by atoms with Gasteiger partial charge < -0.3 is 0 Å². The van der Waals surface area contributed by atoms with Gasteiger partial charge in [-0.2, -0.15) is 0 Å². The summed E-state index contributed by atoms with van der Waals surface area (Å²) in [5.74, 6) is 0. The SMILES string of the molecule is CC.CC.Cc1cnc2ncccc2n1. The average molecular weight is 205 g/mol. The van der Waals surface area contributed by atoms with Gasteiger partial charge in [0.05, 0.1) is 11.9 Å². The lowest BCUT2D eigenvalue weighted by atomic mass is 10.4. The summed E-state index contributed by atoms with van der Waals surface area (Å²) in [6, 6.07) is 3.76. The Balaban J connectivity index is 0.000000442. The van der Waals surface area contributed by atoms with Gasteiger partial charge in [-0.1, -0.05) is 27.7 Å². The highest BCUT2D eigenvalue weighted by molar-refractivity contribution is 5.68. The zero-order chi connectivity index (χ0) is 11.7. The third kappa shape index (κ3) is 4.02. The second-order valence-electron chi connectivity index (χ2n) is 2.36. The van der Waals surface area contributed by atoms with Crippen molar-refractivity contribution in [3.8, 4) is 0 Å². The number of fused-ring (bicyclic) bond motifs is 1. The van der Waals surface area contributed by atoms with Gasteiger partial charge >= 0.3 is 0 Å². The quantitative estimate of drug-likeness (QED) is 0.661. The maximum Gasteiger partial charge on any atom is 0.178 e. The van der Waals surface area contributed by atoms with E-state index >= 15 is 0 Å². The Morgan fingerprint density at radius 2 is 1.67 bits per heavy atom. The minimum atomic E-state index is 0.707. The van der Waals surface area contributed by atoms with Crippen LogP contribution in [0.4, 0.5) is 0 Å². The standard InChI is InChI=1S/C8H7N3.2C2H6/c1-6-5-10-8-7(11-6)3-2-4-9-8;2*1-2/h2-5H,1H3;2*1-2H3. The Morgan fingerprint density at radius 3 is 2.33 bits per heavy atom. The molecular formula is C12H19N3. The van der Waals surface area contributed by atoms with Gasteiger partial charge in [0, 0.05) is 6.20 Å². The third-order valence-corrected chi connectivity index (χ3v) is 1.44. The Bertz CT molecular complexity index is 385. The third-order valence-electron chi connectivity index (χ3n) is 1.44. The van der Waals surface area contributed by atoms with Crippen molar-refractivity contribution < 1.29 is 0 Å². The molecule has 2 aromatic heterocycles. The van der Waals surface area contributed by atoms with Gasteiger partial charge in [-0.15, -0.1) is 0 Å². The van der Waals surface area contributed by atoms with Crippen LogP contribution in [-0.2, 0) is 0 Å². The molecule has 0 N–H and O–H groups in total. The molecule has 2 aromatic rings. The highest BCUT2D eigenvalue weighted by Gasteiger charge is 1.93. The van der Waals surface area contributed by atoms with E-state index in [0.29, 0.717) is 5.65 Å². The molecule has 0 aromatic carbocycles. The van der Waals surface area contributed by atoms with E-state index in [0.717, 1.165) is 11.2 Å². The number of hydrogen-bond acceptors (Lipinski definition) is 3. The average Bonchev–Trinajstić information content (AvgIpc) is 2.34. The molecule has 2 heterocycles. The first-order chi connectivity index (χ1) is 7.36. The fourth-order valence-corrected chi connectivity index (χ4v) is 0.949. The predicted octanol–water partition coefficient (Wildman–Crippen LogP) is 3.39. The molecule has 3 nitrogen and oxygen atoms in total. The molecule has 82 valence electrons. The Kier molecular flexibility index (Phi) is 7.06. The van der Waals surface area contributed by atoms with E-state index in [-0.39, 0.29) is 0 Å². The number of aryl methyl sites for hydroxylation is 1. The van der Waals surface area contributed by atoms with Crippen molar-refractivity contribution in [3.05, 3.63) is 30.2 Å². The molecule has 0 radical (unpaired) electrons. The van der Waals surface area contributed by atoms with Crippen LogP contribution in [0.2, 0.25) is 0 Å². The number of aromatic nitrogens is 3. The fraction of sp³-hybridized carbons (Fsp3) is 0.417. The van der Waals surface area contributed by atoms with E-state index in [4.69, 9.17) is 0 Å². The summed E-state index contributed by atoms with van der Waals surface area (Å²) in [4.78, 5) is 12.4. The monoisotopic (exact) mass is 205 g/mol. The van der Waals surface area contributed by atoms with Crippen molar-refractivity contribution >= 4 is 11.2 Å². The van der Waals surface area contributed by atoms with Gasteiger partial charge in [0.15, 0.2) is 5.65 Å². The first-order valence-corrected chi connectivity index (χ1v) is 5.40. The molecule has 0 unspecified atom stereocenters. The summed E-state index contributed by atoms with van der Waals surface area (Å²) in [6.45, 7) is 9.92. The van der Waals surface area contributed by atoms with E-state index in [1.54, 1.807) is 12.4 Å². The summed E-state index contributed by atoms with van der Waals surface area (Å²) in [5.41, 5.74) is 2.48. The van der Waals surface area contributed by atoms with Crippen molar-refractivity contribution in [3.63, 3.8) is 0 Å². The minimum absolute atomic E-state index is 0.707. The molecule has 0 atom stereocenters. The Labute approximate surface area is 91.6 Å². The first-order valence-electron chi connectivity index (χ1n) is 5.40. The Hall–Kier alpha value is -1.51. The molecule has 0 spiro atoms. The van der Waals surface area contributed by atoms with Crippen LogP contribution in [0.3, 0.4) is 0 Å². The van der Waals surface area contributed by atoms with Crippen LogP contribution in [0.15, 0.2) is 24.5 Å². The zero-order valence-corrected chi connectivity index (χ0v) is 10.2. The number of nitrogens with zero attached hydrogens (tertiary/aromatic N) is 3. The number of hydrogen-bond donors (Lipinski definition) is 0. The van der Waals surface area contributed by atoms with Crippen molar-refractivity contribution in [2.24, 2.45) is 0 Å². The minimum Gasteiger partial charge on any atom is -0.248 e. The van der Waals surface area contributed by atoms with Crippen LogP contribution in [0.5, 0.6) is 0 Å². The molecule has 2 rings (SSSR count). The largest absolute Gasteiger partial charge is 0.248 e. The lowest BCUT2D eigenvalue weighted by Gasteiger charge is -1.94.